The van der Waals surface area contributed by atoms with E-state index >= 15 is 0 Å². The third kappa shape index (κ3) is 3.18. The van der Waals surface area contributed by atoms with Crippen LogP contribution in [0.1, 0.15) is 12.0 Å². The first-order valence-corrected chi connectivity index (χ1v) is 5.80. The summed E-state index contributed by atoms with van der Waals surface area (Å²) in [4.78, 5) is 6.58. The van der Waals surface area contributed by atoms with E-state index in [2.05, 4.69) is 21.3 Å². The van der Waals surface area contributed by atoms with Gasteiger partial charge in [-0.2, -0.15) is 0 Å². The lowest BCUT2D eigenvalue weighted by Gasteiger charge is -2.19. The standard InChI is InChI=1S/C12H19N3O/c1-16-12-9-11(3-5-14-12)10-15-7-2-4-13-6-8-15/h3,5,9,13H,2,4,6-8,10H2,1H3. The predicted octanol–water partition coefficient (Wildman–Crippen LogP) is 0.885. The van der Waals surface area contributed by atoms with Gasteiger partial charge in [0.15, 0.2) is 0 Å². The molecule has 0 radical (unpaired) electrons. The molecular weight excluding hydrogens is 202 g/mol. The molecule has 2 heterocycles. The largest absolute Gasteiger partial charge is 0.481 e. The number of aromatic nitrogens is 1. The first-order valence-electron chi connectivity index (χ1n) is 5.80. The summed E-state index contributed by atoms with van der Waals surface area (Å²) in [6, 6.07) is 4.07. The first-order chi connectivity index (χ1) is 7.88. The Morgan fingerprint density at radius 1 is 1.44 bits per heavy atom. The zero-order chi connectivity index (χ0) is 11.2. The number of nitrogens with one attached hydrogen (secondary N) is 1. The minimum Gasteiger partial charge on any atom is -0.481 e. The van der Waals surface area contributed by atoms with Gasteiger partial charge in [-0.1, -0.05) is 0 Å². The zero-order valence-corrected chi connectivity index (χ0v) is 9.78. The molecular formula is C12H19N3O. The quantitative estimate of drug-likeness (QED) is 0.822. The van der Waals surface area contributed by atoms with E-state index in [0.29, 0.717) is 5.88 Å². The van der Waals surface area contributed by atoms with Crippen molar-refractivity contribution in [1.29, 1.82) is 0 Å². The Hall–Kier alpha value is -1.13. The van der Waals surface area contributed by atoms with Gasteiger partial charge in [-0.3, -0.25) is 4.90 Å². The molecule has 0 bridgehead atoms. The fraction of sp³-hybridized carbons (Fsp3) is 0.583. The molecule has 1 fully saturated rings. The molecule has 0 amide bonds. The smallest absolute Gasteiger partial charge is 0.213 e. The summed E-state index contributed by atoms with van der Waals surface area (Å²) in [5.41, 5.74) is 1.27. The SMILES string of the molecule is COc1cc(CN2CCCNCC2)ccn1. The average Bonchev–Trinajstić information content (AvgIpc) is 2.58. The highest BCUT2D eigenvalue weighted by molar-refractivity contribution is 5.20. The fourth-order valence-electron chi connectivity index (χ4n) is 1.98. The highest BCUT2D eigenvalue weighted by Gasteiger charge is 2.09. The average molecular weight is 221 g/mol. The maximum absolute atomic E-state index is 5.13. The van der Waals surface area contributed by atoms with E-state index in [-0.39, 0.29) is 0 Å². The molecule has 0 unspecified atom stereocenters. The maximum atomic E-state index is 5.13. The Balaban J connectivity index is 1.96. The number of hydrogen-bond acceptors (Lipinski definition) is 4. The number of methoxy groups -OCH3 is 1. The van der Waals surface area contributed by atoms with E-state index in [4.69, 9.17) is 4.74 Å². The van der Waals surface area contributed by atoms with E-state index < -0.39 is 0 Å². The van der Waals surface area contributed by atoms with E-state index in [0.717, 1.165) is 32.7 Å². The van der Waals surface area contributed by atoms with E-state index in [1.165, 1.54) is 12.0 Å². The Labute approximate surface area is 96.6 Å². The van der Waals surface area contributed by atoms with Crippen molar-refractivity contribution in [3.05, 3.63) is 23.9 Å². The van der Waals surface area contributed by atoms with Crippen LogP contribution in [0.15, 0.2) is 18.3 Å². The number of pyridine rings is 1. The van der Waals surface area contributed by atoms with Gasteiger partial charge in [0.1, 0.15) is 0 Å². The van der Waals surface area contributed by atoms with Crippen LogP contribution in [-0.4, -0.2) is 43.2 Å². The number of ether oxygens (including phenoxy) is 1. The van der Waals surface area contributed by atoms with Crippen LogP contribution in [0.4, 0.5) is 0 Å². The molecule has 1 aliphatic heterocycles. The first kappa shape index (κ1) is 11.4. The Morgan fingerprint density at radius 2 is 2.38 bits per heavy atom. The van der Waals surface area contributed by atoms with Crippen molar-refractivity contribution in [3.63, 3.8) is 0 Å². The number of hydrogen-bond donors (Lipinski definition) is 1. The number of nitrogens with zero attached hydrogens (tertiary/aromatic N) is 2. The van der Waals surface area contributed by atoms with Gasteiger partial charge < -0.3 is 10.1 Å². The Morgan fingerprint density at radius 3 is 3.25 bits per heavy atom. The minimum atomic E-state index is 0.699. The van der Waals surface area contributed by atoms with Crippen molar-refractivity contribution in [3.8, 4) is 5.88 Å². The molecule has 1 N–H and O–H groups in total. The van der Waals surface area contributed by atoms with E-state index in [9.17, 15) is 0 Å². The molecule has 0 saturated carbocycles. The van der Waals surface area contributed by atoms with Crippen molar-refractivity contribution < 1.29 is 4.74 Å². The van der Waals surface area contributed by atoms with Crippen LogP contribution < -0.4 is 10.1 Å². The molecule has 0 atom stereocenters. The van der Waals surface area contributed by atoms with Gasteiger partial charge in [0.2, 0.25) is 5.88 Å². The number of rotatable bonds is 3. The molecule has 1 aliphatic rings. The molecule has 2 rings (SSSR count). The highest BCUT2D eigenvalue weighted by Crippen LogP contribution is 2.11. The molecule has 1 saturated heterocycles. The second-order valence-corrected chi connectivity index (χ2v) is 4.09. The zero-order valence-electron chi connectivity index (χ0n) is 9.78. The van der Waals surface area contributed by atoms with Crippen LogP contribution in [0.3, 0.4) is 0 Å². The van der Waals surface area contributed by atoms with Crippen molar-refractivity contribution >= 4 is 0 Å². The van der Waals surface area contributed by atoms with Gasteiger partial charge in [0.25, 0.3) is 0 Å². The third-order valence-electron chi connectivity index (χ3n) is 2.85. The van der Waals surface area contributed by atoms with Crippen molar-refractivity contribution in [1.82, 2.24) is 15.2 Å². The summed E-state index contributed by atoms with van der Waals surface area (Å²) in [5, 5.41) is 3.41. The topological polar surface area (TPSA) is 37.4 Å². The molecule has 0 spiro atoms. The van der Waals surface area contributed by atoms with E-state index in [1.807, 2.05) is 12.3 Å². The monoisotopic (exact) mass is 221 g/mol. The molecule has 0 aliphatic carbocycles. The van der Waals surface area contributed by atoms with Crippen molar-refractivity contribution in [2.24, 2.45) is 0 Å². The second-order valence-electron chi connectivity index (χ2n) is 4.09. The molecule has 1 aromatic heterocycles. The van der Waals surface area contributed by atoms with Crippen molar-refractivity contribution in [2.75, 3.05) is 33.3 Å². The van der Waals surface area contributed by atoms with Gasteiger partial charge in [0.05, 0.1) is 7.11 Å². The lowest BCUT2D eigenvalue weighted by molar-refractivity contribution is 0.283. The molecule has 4 nitrogen and oxygen atoms in total. The highest BCUT2D eigenvalue weighted by atomic mass is 16.5. The summed E-state index contributed by atoms with van der Waals surface area (Å²) in [6.07, 6.45) is 3.03. The Kier molecular flexibility index (Phi) is 4.13. The van der Waals surface area contributed by atoms with Crippen LogP contribution in [0.25, 0.3) is 0 Å². The summed E-state index contributed by atoms with van der Waals surface area (Å²) < 4.78 is 5.13. The minimum absolute atomic E-state index is 0.699. The van der Waals surface area contributed by atoms with Crippen LogP contribution >= 0.6 is 0 Å². The predicted molar refractivity (Wildman–Crippen MR) is 63.6 cm³/mol. The molecule has 16 heavy (non-hydrogen) atoms. The summed E-state index contributed by atoms with van der Waals surface area (Å²) in [5.74, 6) is 0.699. The second kappa shape index (κ2) is 5.82. The molecule has 4 heteroatoms. The van der Waals surface area contributed by atoms with Gasteiger partial charge in [-0.15, -0.1) is 0 Å². The van der Waals surface area contributed by atoms with Crippen LogP contribution in [-0.2, 0) is 6.54 Å². The van der Waals surface area contributed by atoms with Crippen LogP contribution in [0, 0.1) is 0 Å². The lowest BCUT2D eigenvalue weighted by atomic mass is 10.2. The molecule has 88 valence electrons. The van der Waals surface area contributed by atoms with Gasteiger partial charge in [0, 0.05) is 31.9 Å². The van der Waals surface area contributed by atoms with Gasteiger partial charge >= 0.3 is 0 Å². The summed E-state index contributed by atoms with van der Waals surface area (Å²) in [6.45, 7) is 5.49. The van der Waals surface area contributed by atoms with Crippen LogP contribution in [0.5, 0.6) is 5.88 Å². The van der Waals surface area contributed by atoms with Gasteiger partial charge in [-0.25, -0.2) is 4.98 Å². The molecule has 0 aromatic carbocycles. The maximum Gasteiger partial charge on any atom is 0.213 e. The fourth-order valence-corrected chi connectivity index (χ4v) is 1.98. The van der Waals surface area contributed by atoms with Gasteiger partial charge in [-0.05, 0) is 31.1 Å². The van der Waals surface area contributed by atoms with Crippen molar-refractivity contribution in [2.45, 2.75) is 13.0 Å². The molecule has 1 aromatic rings. The third-order valence-corrected chi connectivity index (χ3v) is 2.85. The Bertz CT molecular complexity index is 322. The normalized spacial score (nSPS) is 18.1. The van der Waals surface area contributed by atoms with Crippen LogP contribution in [0.2, 0.25) is 0 Å². The summed E-state index contributed by atoms with van der Waals surface area (Å²) >= 11 is 0. The lowest BCUT2D eigenvalue weighted by Crippen LogP contribution is -2.27. The van der Waals surface area contributed by atoms with E-state index in [1.54, 1.807) is 7.11 Å². The summed E-state index contributed by atoms with van der Waals surface area (Å²) in [7, 11) is 1.65.